The molecule has 0 aliphatic carbocycles. The van der Waals surface area contributed by atoms with Crippen LogP contribution in [0.15, 0.2) is 34.5 Å². The first-order valence-electron chi connectivity index (χ1n) is 4.99. The summed E-state index contributed by atoms with van der Waals surface area (Å²) in [5, 5.41) is 3.51. The zero-order valence-corrected chi connectivity index (χ0v) is 11.5. The van der Waals surface area contributed by atoms with Crippen LogP contribution in [0.2, 0.25) is 5.02 Å². The van der Waals surface area contributed by atoms with E-state index in [1.54, 1.807) is 17.1 Å². The standard InChI is InChI=1S/C12H10ClNOS2/c1-8(15)11-6-17-12(14-11)7-16-10-4-2-9(13)3-5-10/h2-6H,7H2,1H3. The number of halogens is 1. The minimum absolute atomic E-state index is 0.0176. The number of aromatic nitrogens is 1. The number of carbonyl (C=O) groups excluding carboxylic acids is 1. The quantitative estimate of drug-likeness (QED) is 0.619. The molecule has 0 unspecified atom stereocenters. The Bertz CT molecular complexity index is 522. The molecule has 0 amide bonds. The molecular weight excluding hydrogens is 274 g/mol. The molecule has 2 nitrogen and oxygen atoms in total. The molecule has 0 atom stereocenters. The Labute approximate surface area is 113 Å². The van der Waals surface area contributed by atoms with Crippen molar-refractivity contribution in [3.05, 3.63) is 45.4 Å². The number of ketones is 1. The van der Waals surface area contributed by atoms with E-state index in [9.17, 15) is 4.79 Å². The molecule has 88 valence electrons. The van der Waals surface area contributed by atoms with E-state index in [4.69, 9.17) is 11.6 Å². The lowest BCUT2D eigenvalue weighted by Gasteiger charge is -1.98. The van der Waals surface area contributed by atoms with E-state index >= 15 is 0 Å². The minimum atomic E-state index is 0.0176. The SMILES string of the molecule is CC(=O)c1csc(CSc2ccc(Cl)cc2)n1. The summed E-state index contributed by atoms with van der Waals surface area (Å²) in [7, 11) is 0. The Morgan fingerprint density at radius 2 is 2.12 bits per heavy atom. The van der Waals surface area contributed by atoms with Crippen molar-refractivity contribution >= 4 is 40.5 Å². The Morgan fingerprint density at radius 3 is 2.71 bits per heavy atom. The van der Waals surface area contributed by atoms with E-state index in [1.807, 2.05) is 24.3 Å². The highest BCUT2D eigenvalue weighted by Crippen LogP contribution is 2.25. The fourth-order valence-electron chi connectivity index (χ4n) is 1.21. The molecule has 2 rings (SSSR count). The number of nitrogens with zero attached hydrogens (tertiary/aromatic N) is 1. The number of rotatable bonds is 4. The van der Waals surface area contributed by atoms with Crippen molar-refractivity contribution < 1.29 is 4.79 Å². The Balaban J connectivity index is 1.97. The third kappa shape index (κ3) is 3.56. The Hall–Kier alpha value is -0.840. The first-order valence-corrected chi connectivity index (χ1v) is 7.23. The molecule has 1 aromatic carbocycles. The number of thiazole rings is 1. The second-order valence-corrected chi connectivity index (χ2v) is 5.85. The molecule has 0 aliphatic rings. The van der Waals surface area contributed by atoms with Crippen LogP contribution < -0.4 is 0 Å². The predicted molar refractivity (Wildman–Crippen MR) is 73.1 cm³/mol. The number of carbonyl (C=O) groups is 1. The molecule has 17 heavy (non-hydrogen) atoms. The van der Waals surface area contributed by atoms with Gasteiger partial charge >= 0.3 is 0 Å². The fraction of sp³-hybridized carbons (Fsp3) is 0.167. The number of benzene rings is 1. The van der Waals surface area contributed by atoms with Gasteiger partial charge in [0.2, 0.25) is 0 Å². The summed E-state index contributed by atoms with van der Waals surface area (Å²) >= 11 is 9.02. The molecule has 5 heteroatoms. The van der Waals surface area contributed by atoms with Gasteiger partial charge in [-0.2, -0.15) is 0 Å². The summed E-state index contributed by atoms with van der Waals surface area (Å²) < 4.78 is 0. The van der Waals surface area contributed by atoms with Crippen molar-refractivity contribution in [2.75, 3.05) is 0 Å². The van der Waals surface area contributed by atoms with Crippen molar-refractivity contribution in [3.63, 3.8) is 0 Å². The summed E-state index contributed by atoms with van der Waals surface area (Å²) in [5.74, 6) is 0.795. The van der Waals surface area contributed by atoms with Crippen LogP contribution >= 0.6 is 34.7 Å². The molecule has 0 fully saturated rings. The summed E-state index contributed by atoms with van der Waals surface area (Å²) in [5.41, 5.74) is 0.557. The maximum absolute atomic E-state index is 11.1. The predicted octanol–water partition coefficient (Wildman–Crippen LogP) is 4.29. The maximum atomic E-state index is 11.1. The zero-order chi connectivity index (χ0) is 12.3. The van der Waals surface area contributed by atoms with Gasteiger partial charge in [0.15, 0.2) is 5.78 Å². The average Bonchev–Trinajstić information content (AvgIpc) is 2.77. The summed E-state index contributed by atoms with van der Waals surface area (Å²) in [6, 6.07) is 7.69. The third-order valence-electron chi connectivity index (χ3n) is 2.09. The van der Waals surface area contributed by atoms with Crippen molar-refractivity contribution in [2.24, 2.45) is 0 Å². The van der Waals surface area contributed by atoms with Crippen molar-refractivity contribution in [1.29, 1.82) is 0 Å². The van der Waals surface area contributed by atoms with Gasteiger partial charge in [-0.05, 0) is 24.3 Å². The molecule has 1 aromatic heterocycles. The second kappa shape index (κ2) is 5.67. The highest BCUT2D eigenvalue weighted by atomic mass is 35.5. The lowest BCUT2D eigenvalue weighted by Crippen LogP contribution is -1.91. The normalized spacial score (nSPS) is 10.5. The number of hydrogen-bond acceptors (Lipinski definition) is 4. The number of Topliss-reactive ketones (excluding diaryl/α,β-unsaturated/α-hetero) is 1. The monoisotopic (exact) mass is 283 g/mol. The van der Waals surface area contributed by atoms with Gasteiger partial charge in [-0.25, -0.2) is 4.98 Å². The highest BCUT2D eigenvalue weighted by Gasteiger charge is 2.06. The summed E-state index contributed by atoms with van der Waals surface area (Å²) in [6.07, 6.45) is 0. The van der Waals surface area contributed by atoms with Gasteiger partial charge in [0, 0.05) is 22.2 Å². The first-order chi connectivity index (χ1) is 8.15. The van der Waals surface area contributed by atoms with Crippen LogP contribution in [-0.2, 0) is 5.75 Å². The zero-order valence-electron chi connectivity index (χ0n) is 9.14. The van der Waals surface area contributed by atoms with Gasteiger partial charge in [-0.3, -0.25) is 4.79 Å². The van der Waals surface area contributed by atoms with Crippen LogP contribution in [0.25, 0.3) is 0 Å². The number of thioether (sulfide) groups is 1. The lowest BCUT2D eigenvalue weighted by atomic mass is 10.4. The molecule has 0 radical (unpaired) electrons. The van der Waals surface area contributed by atoms with Gasteiger partial charge < -0.3 is 0 Å². The van der Waals surface area contributed by atoms with Crippen molar-refractivity contribution in [1.82, 2.24) is 4.98 Å². The van der Waals surface area contributed by atoms with Gasteiger partial charge in [0.25, 0.3) is 0 Å². The second-order valence-electron chi connectivity index (χ2n) is 3.43. The molecule has 0 bridgehead atoms. The van der Waals surface area contributed by atoms with Crippen LogP contribution in [-0.4, -0.2) is 10.8 Å². The Morgan fingerprint density at radius 1 is 1.41 bits per heavy atom. The van der Waals surface area contributed by atoms with E-state index in [0.29, 0.717) is 5.69 Å². The third-order valence-corrected chi connectivity index (χ3v) is 4.40. The summed E-state index contributed by atoms with van der Waals surface area (Å²) in [6.45, 7) is 1.53. The van der Waals surface area contributed by atoms with E-state index < -0.39 is 0 Å². The van der Waals surface area contributed by atoms with Gasteiger partial charge in [-0.15, -0.1) is 23.1 Å². The van der Waals surface area contributed by atoms with Crippen LogP contribution in [0, 0.1) is 0 Å². The Kier molecular flexibility index (Phi) is 4.20. The highest BCUT2D eigenvalue weighted by molar-refractivity contribution is 7.98. The molecule has 0 saturated carbocycles. The van der Waals surface area contributed by atoms with Crippen molar-refractivity contribution in [3.8, 4) is 0 Å². The van der Waals surface area contributed by atoms with Gasteiger partial charge in [0.05, 0.1) is 5.75 Å². The smallest absolute Gasteiger partial charge is 0.178 e. The van der Waals surface area contributed by atoms with E-state index in [-0.39, 0.29) is 5.78 Å². The van der Waals surface area contributed by atoms with Gasteiger partial charge in [0.1, 0.15) is 10.7 Å². The van der Waals surface area contributed by atoms with Crippen LogP contribution in [0.4, 0.5) is 0 Å². The number of hydrogen-bond donors (Lipinski definition) is 0. The van der Waals surface area contributed by atoms with E-state index in [1.165, 1.54) is 18.3 Å². The molecule has 2 aromatic rings. The molecular formula is C12H10ClNOS2. The largest absolute Gasteiger partial charge is 0.293 e. The molecule has 0 aliphatic heterocycles. The molecule has 1 heterocycles. The van der Waals surface area contributed by atoms with E-state index in [2.05, 4.69) is 4.98 Å². The maximum Gasteiger partial charge on any atom is 0.178 e. The van der Waals surface area contributed by atoms with Gasteiger partial charge in [-0.1, -0.05) is 11.6 Å². The van der Waals surface area contributed by atoms with Crippen LogP contribution in [0.5, 0.6) is 0 Å². The molecule has 0 N–H and O–H groups in total. The topological polar surface area (TPSA) is 30.0 Å². The molecule has 0 saturated heterocycles. The van der Waals surface area contributed by atoms with Crippen LogP contribution in [0.3, 0.4) is 0 Å². The van der Waals surface area contributed by atoms with E-state index in [0.717, 1.165) is 20.7 Å². The van der Waals surface area contributed by atoms with Crippen LogP contribution in [0.1, 0.15) is 22.4 Å². The summed E-state index contributed by atoms with van der Waals surface area (Å²) in [4.78, 5) is 16.5. The fourth-order valence-corrected chi connectivity index (χ4v) is 3.09. The average molecular weight is 284 g/mol. The lowest BCUT2D eigenvalue weighted by molar-refractivity contribution is 0.101. The molecule has 0 spiro atoms. The van der Waals surface area contributed by atoms with Crippen molar-refractivity contribution in [2.45, 2.75) is 17.6 Å². The first kappa shape index (κ1) is 12.6. The minimum Gasteiger partial charge on any atom is -0.293 e.